The highest BCUT2D eigenvalue weighted by Crippen LogP contribution is 2.32. The van der Waals surface area contributed by atoms with Crippen molar-refractivity contribution in [2.75, 3.05) is 18.0 Å². The van der Waals surface area contributed by atoms with Crippen LogP contribution in [0.2, 0.25) is 0 Å². The Kier molecular flexibility index (Phi) is 3.53. The molecule has 0 spiro atoms. The summed E-state index contributed by atoms with van der Waals surface area (Å²) in [6.07, 6.45) is 3.19. The van der Waals surface area contributed by atoms with Gasteiger partial charge in [-0.15, -0.1) is 0 Å². The summed E-state index contributed by atoms with van der Waals surface area (Å²) in [6.45, 7) is 9.02. The third kappa shape index (κ3) is 2.24. The van der Waals surface area contributed by atoms with E-state index in [0.717, 1.165) is 35.2 Å². The zero-order valence-electron chi connectivity index (χ0n) is 10.2. The number of aromatic nitrogens is 1. The Morgan fingerprint density at radius 1 is 1.50 bits per heavy atom. The first-order valence-corrected chi connectivity index (χ1v) is 6.75. The predicted molar refractivity (Wildman–Crippen MR) is 71.8 cm³/mol. The van der Waals surface area contributed by atoms with Gasteiger partial charge in [-0.1, -0.05) is 13.8 Å². The number of rotatable bonds is 2. The van der Waals surface area contributed by atoms with Gasteiger partial charge in [-0.25, -0.2) is 4.98 Å². The highest BCUT2D eigenvalue weighted by atomic mass is 79.9. The molecule has 0 aromatic carbocycles. The lowest BCUT2D eigenvalue weighted by atomic mass is 9.95. The summed E-state index contributed by atoms with van der Waals surface area (Å²) < 4.78 is 1.15. The summed E-state index contributed by atoms with van der Waals surface area (Å²) in [6, 6.07) is 2.05. The molecule has 1 saturated heterocycles. The van der Waals surface area contributed by atoms with Gasteiger partial charge in [-0.3, -0.25) is 0 Å². The molecule has 0 saturated carbocycles. The number of hydrogen-bond acceptors (Lipinski definition) is 2. The topological polar surface area (TPSA) is 16.1 Å². The highest BCUT2D eigenvalue weighted by Gasteiger charge is 2.26. The molecular formula is C13H19BrN2. The van der Waals surface area contributed by atoms with Crippen LogP contribution in [-0.4, -0.2) is 18.1 Å². The van der Waals surface area contributed by atoms with Crippen LogP contribution < -0.4 is 4.90 Å². The Balaban J connectivity index is 2.17. The number of anilines is 1. The Morgan fingerprint density at radius 2 is 2.25 bits per heavy atom. The van der Waals surface area contributed by atoms with Crippen molar-refractivity contribution in [3.05, 3.63) is 22.3 Å². The van der Waals surface area contributed by atoms with Crippen LogP contribution in [-0.2, 0) is 0 Å². The second kappa shape index (κ2) is 4.74. The highest BCUT2D eigenvalue weighted by molar-refractivity contribution is 9.10. The van der Waals surface area contributed by atoms with Crippen LogP contribution in [0.15, 0.2) is 16.7 Å². The van der Waals surface area contributed by atoms with E-state index in [4.69, 9.17) is 0 Å². The minimum Gasteiger partial charge on any atom is -0.355 e. The average molecular weight is 283 g/mol. The molecule has 1 aromatic rings. The molecule has 1 unspecified atom stereocenters. The molecule has 0 N–H and O–H groups in total. The molecule has 3 heteroatoms. The SMILES string of the molecule is Cc1ccnc(N2CCC(C(C)C)C2)c1Br. The molecule has 1 aromatic heterocycles. The fraction of sp³-hybridized carbons (Fsp3) is 0.615. The molecule has 0 amide bonds. The molecule has 2 rings (SSSR count). The number of aryl methyl sites for hydroxylation is 1. The summed E-state index contributed by atoms with van der Waals surface area (Å²) in [5, 5.41) is 0. The third-order valence-corrected chi connectivity index (χ3v) is 4.51. The van der Waals surface area contributed by atoms with Crippen molar-refractivity contribution < 1.29 is 0 Å². The lowest BCUT2D eigenvalue weighted by Gasteiger charge is -2.20. The van der Waals surface area contributed by atoms with E-state index in [1.165, 1.54) is 12.0 Å². The molecule has 0 radical (unpaired) electrons. The van der Waals surface area contributed by atoms with Gasteiger partial charge in [-0.05, 0) is 52.7 Å². The van der Waals surface area contributed by atoms with Gasteiger partial charge in [0.1, 0.15) is 5.82 Å². The molecular weight excluding hydrogens is 264 g/mol. The summed E-state index contributed by atoms with van der Waals surface area (Å²) in [5.41, 5.74) is 1.26. The van der Waals surface area contributed by atoms with E-state index in [1.807, 2.05) is 12.3 Å². The minimum atomic E-state index is 0.772. The molecule has 0 bridgehead atoms. The van der Waals surface area contributed by atoms with Crippen LogP contribution in [0, 0.1) is 18.8 Å². The largest absolute Gasteiger partial charge is 0.355 e. The molecule has 1 atom stereocenters. The van der Waals surface area contributed by atoms with E-state index < -0.39 is 0 Å². The zero-order chi connectivity index (χ0) is 11.7. The number of pyridine rings is 1. The summed E-state index contributed by atoms with van der Waals surface area (Å²) in [7, 11) is 0. The molecule has 0 aliphatic carbocycles. The minimum absolute atomic E-state index is 0.772. The monoisotopic (exact) mass is 282 g/mol. The zero-order valence-corrected chi connectivity index (χ0v) is 11.8. The number of hydrogen-bond donors (Lipinski definition) is 0. The van der Waals surface area contributed by atoms with Gasteiger partial charge in [0.25, 0.3) is 0 Å². The van der Waals surface area contributed by atoms with Crippen molar-refractivity contribution in [1.29, 1.82) is 0 Å². The van der Waals surface area contributed by atoms with E-state index >= 15 is 0 Å². The summed E-state index contributed by atoms with van der Waals surface area (Å²) in [4.78, 5) is 6.90. The predicted octanol–water partition coefficient (Wildman–Crippen LogP) is 3.63. The van der Waals surface area contributed by atoms with Gasteiger partial charge in [0, 0.05) is 19.3 Å². The lowest BCUT2D eigenvalue weighted by Crippen LogP contribution is -2.22. The fourth-order valence-electron chi connectivity index (χ4n) is 2.27. The van der Waals surface area contributed by atoms with Crippen molar-refractivity contribution in [2.24, 2.45) is 11.8 Å². The van der Waals surface area contributed by atoms with Crippen molar-refractivity contribution in [3.63, 3.8) is 0 Å². The first-order valence-electron chi connectivity index (χ1n) is 5.95. The van der Waals surface area contributed by atoms with E-state index in [-0.39, 0.29) is 0 Å². The normalized spacial score (nSPS) is 20.8. The Hall–Kier alpha value is -0.570. The second-order valence-electron chi connectivity index (χ2n) is 5.00. The summed E-state index contributed by atoms with van der Waals surface area (Å²) >= 11 is 3.64. The van der Waals surface area contributed by atoms with Crippen LogP contribution in [0.4, 0.5) is 5.82 Å². The molecule has 1 aliphatic rings. The van der Waals surface area contributed by atoms with Gasteiger partial charge < -0.3 is 4.90 Å². The standard InChI is InChI=1S/C13H19BrN2/c1-9(2)11-5-7-16(8-11)13-12(14)10(3)4-6-15-13/h4,6,9,11H,5,7-8H2,1-3H3. The van der Waals surface area contributed by atoms with Crippen LogP contribution in [0.25, 0.3) is 0 Å². The Bertz CT molecular complexity index is 376. The fourth-order valence-corrected chi connectivity index (χ4v) is 2.76. The summed E-state index contributed by atoms with van der Waals surface area (Å²) in [5.74, 6) is 2.70. The van der Waals surface area contributed by atoms with E-state index in [9.17, 15) is 0 Å². The second-order valence-corrected chi connectivity index (χ2v) is 5.80. The van der Waals surface area contributed by atoms with E-state index in [2.05, 4.69) is 46.6 Å². The van der Waals surface area contributed by atoms with E-state index in [0.29, 0.717) is 0 Å². The molecule has 88 valence electrons. The first kappa shape index (κ1) is 11.9. The average Bonchev–Trinajstić information content (AvgIpc) is 2.71. The van der Waals surface area contributed by atoms with Gasteiger partial charge >= 0.3 is 0 Å². The van der Waals surface area contributed by atoms with Crippen LogP contribution >= 0.6 is 15.9 Å². The Morgan fingerprint density at radius 3 is 2.88 bits per heavy atom. The van der Waals surface area contributed by atoms with Gasteiger partial charge in [-0.2, -0.15) is 0 Å². The smallest absolute Gasteiger partial charge is 0.143 e. The van der Waals surface area contributed by atoms with Crippen LogP contribution in [0.5, 0.6) is 0 Å². The van der Waals surface area contributed by atoms with Gasteiger partial charge in [0.15, 0.2) is 0 Å². The molecule has 1 aliphatic heterocycles. The number of halogens is 1. The maximum absolute atomic E-state index is 4.49. The van der Waals surface area contributed by atoms with Gasteiger partial charge in [0.2, 0.25) is 0 Å². The molecule has 2 nitrogen and oxygen atoms in total. The third-order valence-electron chi connectivity index (χ3n) is 3.53. The maximum Gasteiger partial charge on any atom is 0.143 e. The Labute approximate surface area is 106 Å². The van der Waals surface area contributed by atoms with Crippen molar-refractivity contribution >= 4 is 21.7 Å². The van der Waals surface area contributed by atoms with Crippen LogP contribution in [0.3, 0.4) is 0 Å². The van der Waals surface area contributed by atoms with Crippen molar-refractivity contribution in [2.45, 2.75) is 27.2 Å². The molecule has 2 heterocycles. The first-order chi connectivity index (χ1) is 7.59. The number of nitrogens with zero attached hydrogens (tertiary/aromatic N) is 2. The quantitative estimate of drug-likeness (QED) is 0.824. The molecule has 1 fully saturated rings. The van der Waals surface area contributed by atoms with Crippen molar-refractivity contribution in [3.8, 4) is 0 Å². The molecule has 16 heavy (non-hydrogen) atoms. The van der Waals surface area contributed by atoms with E-state index in [1.54, 1.807) is 0 Å². The van der Waals surface area contributed by atoms with Gasteiger partial charge in [0.05, 0.1) is 4.47 Å². The van der Waals surface area contributed by atoms with Crippen molar-refractivity contribution in [1.82, 2.24) is 4.98 Å². The maximum atomic E-state index is 4.49. The lowest BCUT2D eigenvalue weighted by molar-refractivity contribution is 0.422. The van der Waals surface area contributed by atoms with Crippen LogP contribution in [0.1, 0.15) is 25.8 Å².